The van der Waals surface area contributed by atoms with Crippen molar-refractivity contribution in [3.05, 3.63) is 63.3 Å². The molecule has 5 nitrogen and oxygen atoms in total. The third kappa shape index (κ3) is 3.66. The number of carbonyl (C=O) groups excluding carboxylic acids is 2. The summed E-state index contributed by atoms with van der Waals surface area (Å²) in [6.45, 7) is 3.33. The third-order valence-corrected chi connectivity index (χ3v) is 7.22. The van der Waals surface area contributed by atoms with Gasteiger partial charge in [0.15, 0.2) is 10.9 Å². The normalized spacial score (nSPS) is 10.8. The van der Waals surface area contributed by atoms with E-state index in [0.29, 0.717) is 26.3 Å². The average molecular weight is 426 g/mol. The van der Waals surface area contributed by atoms with Gasteiger partial charge in [0.05, 0.1) is 21.1 Å². The quantitative estimate of drug-likeness (QED) is 0.413. The lowest BCUT2D eigenvalue weighted by molar-refractivity contribution is 0.101. The van der Waals surface area contributed by atoms with Gasteiger partial charge in [-0.2, -0.15) is 0 Å². The molecule has 0 aliphatic heterocycles. The zero-order valence-corrected chi connectivity index (χ0v) is 17.5. The number of nitrogens with one attached hydrogen (secondary N) is 1. The van der Waals surface area contributed by atoms with Crippen molar-refractivity contribution in [3.63, 3.8) is 0 Å². The van der Waals surface area contributed by atoms with Gasteiger partial charge in [0.2, 0.25) is 0 Å². The minimum Gasteiger partial charge on any atom is -0.297 e. The number of rotatable bonds is 5. The molecule has 3 aromatic heterocycles. The summed E-state index contributed by atoms with van der Waals surface area (Å²) in [7, 11) is 0. The predicted molar refractivity (Wildman–Crippen MR) is 116 cm³/mol. The fraction of sp³-hybridized carbons (Fsp3) is 0.100. The molecular formula is C20H15N3O2S3. The van der Waals surface area contributed by atoms with Crippen LogP contribution in [0.25, 0.3) is 21.1 Å². The van der Waals surface area contributed by atoms with E-state index >= 15 is 0 Å². The maximum Gasteiger partial charge on any atom is 0.269 e. The van der Waals surface area contributed by atoms with E-state index in [-0.39, 0.29) is 11.7 Å². The molecular weight excluding hydrogens is 410 g/mol. The second-order valence-electron chi connectivity index (χ2n) is 5.98. The minimum absolute atomic E-state index is 0.0780. The van der Waals surface area contributed by atoms with Crippen molar-refractivity contribution in [1.82, 2.24) is 9.97 Å². The van der Waals surface area contributed by atoms with Crippen LogP contribution >= 0.6 is 34.0 Å². The smallest absolute Gasteiger partial charge is 0.269 e. The molecule has 0 atom stereocenters. The number of aryl methyl sites for hydroxylation is 1. The standard InChI is InChI=1S/C20H15N3O2S3/c1-11-16(27-19(21-11)14-9-6-10-26-14)18(25)23-20-22-15(17(28-20)12(2)24)13-7-4-3-5-8-13/h3-10H,1-2H3,(H,22,23,25). The molecule has 3 heterocycles. The molecule has 0 aliphatic rings. The number of Topliss-reactive ketones (excluding diaryl/α,β-unsaturated/α-hetero) is 1. The summed E-state index contributed by atoms with van der Waals surface area (Å²) in [4.78, 5) is 36.0. The Kier molecular flexibility index (Phi) is 5.17. The number of benzene rings is 1. The predicted octanol–water partition coefficient (Wildman–Crippen LogP) is 5.76. The first kappa shape index (κ1) is 18.7. The van der Waals surface area contributed by atoms with Crippen molar-refractivity contribution < 1.29 is 9.59 Å². The summed E-state index contributed by atoms with van der Waals surface area (Å²) in [5.41, 5.74) is 2.12. The summed E-state index contributed by atoms with van der Waals surface area (Å²) < 4.78 is 0. The van der Waals surface area contributed by atoms with E-state index in [4.69, 9.17) is 0 Å². The molecule has 0 aliphatic carbocycles. The first-order valence-corrected chi connectivity index (χ1v) is 10.9. The Hall–Kier alpha value is -2.68. The molecule has 140 valence electrons. The minimum atomic E-state index is -0.263. The number of thiazole rings is 2. The van der Waals surface area contributed by atoms with Crippen LogP contribution < -0.4 is 5.32 Å². The number of amides is 1. The van der Waals surface area contributed by atoms with Crippen LogP contribution in [0.3, 0.4) is 0 Å². The van der Waals surface area contributed by atoms with E-state index in [9.17, 15) is 9.59 Å². The van der Waals surface area contributed by atoms with Gasteiger partial charge in [-0.3, -0.25) is 14.9 Å². The molecule has 0 bridgehead atoms. The van der Waals surface area contributed by atoms with Gasteiger partial charge in [-0.15, -0.1) is 22.7 Å². The van der Waals surface area contributed by atoms with E-state index in [1.54, 1.807) is 11.3 Å². The van der Waals surface area contributed by atoms with Crippen molar-refractivity contribution in [3.8, 4) is 21.1 Å². The fourth-order valence-electron chi connectivity index (χ4n) is 2.67. The van der Waals surface area contributed by atoms with Gasteiger partial charge in [-0.1, -0.05) is 47.7 Å². The fourth-order valence-corrected chi connectivity index (χ4v) is 5.31. The van der Waals surface area contributed by atoms with Gasteiger partial charge in [0.1, 0.15) is 9.88 Å². The van der Waals surface area contributed by atoms with Crippen LogP contribution in [-0.4, -0.2) is 21.7 Å². The first-order chi connectivity index (χ1) is 13.5. The highest BCUT2D eigenvalue weighted by Gasteiger charge is 2.21. The average Bonchev–Trinajstić information content (AvgIpc) is 3.41. The van der Waals surface area contributed by atoms with E-state index in [1.807, 2.05) is 54.8 Å². The number of nitrogens with zero attached hydrogens (tertiary/aromatic N) is 2. The lowest BCUT2D eigenvalue weighted by atomic mass is 10.1. The SMILES string of the molecule is CC(=O)c1sc(NC(=O)c2sc(-c3cccs3)nc2C)nc1-c1ccccc1. The number of thiophene rings is 1. The van der Waals surface area contributed by atoms with Gasteiger partial charge in [-0.05, 0) is 18.4 Å². The van der Waals surface area contributed by atoms with E-state index in [0.717, 1.165) is 15.4 Å². The Morgan fingerprint density at radius 3 is 2.43 bits per heavy atom. The summed E-state index contributed by atoms with van der Waals surface area (Å²) in [6.07, 6.45) is 0. The maximum atomic E-state index is 12.8. The van der Waals surface area contributed by atoms with Gasteiger partial charge in [0.25, 0.3) is 5.91 Å². The number of carbonyl (C=O) groups is 2. The molecule has 0 spiro atoms. The van der Waals surface area contributed by atoms with Crippen LogP contribution in [0.2, 0.25) is 0 Å². The molecule has 4 rings (SSSR count). The van der Waals surface area contributed by atoms with Crippen molar-refractivity contribution in [2.24, 2.45) is 0 Å². The molecule has 1 N–H and O–H groups in total. The number of ketones is 1. The van der Waals surface area contributed by atoms with Crippen LogP contribution in [0.5, 0.6) is 0 Å². The number of hydrogen-bond donors (Lipinski definition) is 1. The monoisotopic (exact) mass is 425 g/mol. The van der Waals surface area contributed by atoms with Crippen LogP contribution in [0.15, 0.2) is 47.8 Å². The topological polar surface area (TPSA) is 72.0 Å². The summed E-state index contributed by atoms with van der Waals surface area (Å²) in [5.74, 6) is -0.341. The molecule has 0 saturated heterocycles. The van der Waals surface area contributed by atoms with Crippen LogP contribution in [0.1, 0.15) is 32.0 Å². The maximum absolute atomic E-state index is 12.8. The molecule has 0 radical (unpaired) electrons. The number of anilines is 1. The van der Waals surface area contributed by atoms with Crippen molar-refractivity contribution >= 4 is 50.8 Å². The molecule has 1 aromatic carbocycles. The Morgan fingerprint density at radius 2 is 1.75 bits per heavy atom. The first-order valence-electron chi connectivity index (χ1n) is 8.43. The van der Waals surface area contributed by atoms with Crippen molar-refractivity contribution in [1.29, 1.82) is 0 Å². The second-order valence-corrected chi connectivity index (χ2v) is 8.93. The third-order valence-electron chi connectivity index (χ3n) is 3.95. The van der Waals surface area contributed by atoms with Gasteiger partial charge in [-0.25, -0.2) is 9.97 Å². The molecule has 8 heteroatoms. The van der Waals surface area contributed by atoms with Crippen LogP contribution in [0.4, 0.5) is 5.13 Å². The van der Waals surface area contributed by atoms with Gasteiger partial charge in [0, 0.05) is 12.5 Å². The Morgan fingerprint density at radius 1 is 0.964 bits per heavy atom. The van der Waals surface area contributed by atoms with Crippen molar-refractivity contribution in [2.45, 2.75) is 13.8 Å². The molecule has 0 fully saturated rings. The summed E-state index contributed by atoms with van der Waals surface area (Å²) in [6, 6.07) is 13.4. The summed E-state index contributed by atoms with van der Waals surface area (Å²) in [5, 5.41) is 6.04. The van der Waals surface area contributed by atoms with Crippen LogP contribution in [-0.2, 0) is 0 Å². The molecule has 0 unspecified atom stereocenters. The molecule has 4 aromatic rings. The highest BCUT2D eigenvalue weighted by atomic mass is 32.1. The van der Waals surface area contributed by atoms with Gasteiger partial charge >= 0.3 is 0 Å². The zero-order chi connectivity index (χ0) is 19.7. The lowest BCUT2D eigenvalue weighted by Gasteiger charge is -1.99. The number of hydrogen-bond acceptors (Lipinski definition) is 7. The zero-order valence-electron chi connectivity index (χ0n) is 15.1. The summed E-state index contributed by atoms with van der Waals surface area (Å²) >= 11 is 4.13. The molecule has 28 heavy (non-hydrogen) atoms. The van der Waals surface area contributed by atoms with Gasteiger partial charge < -0.3 is 0 Å². The second kappa shape index (κ2) is 7.75. The molecule has 0 saturated carbocycles. The van der Waals surface area contributed by atoms with E-state index < -0.39 is 0 Å². The highest BCUT2D eigenvalue weighted by molar-refractivity contribution is 7.22. The van der Waals surface area contributed by atoms with E-state index in [2.05, 4.69) is 15.3 Å². The molecule has 1 amide bonds. The van der Waals surface area contributed by atoms with Crippen LogP contribution in [0, 0.1) is 6.92 Å². The Labute approximate surface area is 173 Å². The number of aromatic nitrogens is 2. The lowest BCUT2D eigenvalue weighted by Crippen LogP contribution is -2.11. The van der Waals surface area contributed by atoms with Crippen molar-refractivity contribution in [2.75, 3.05) is 5.32 Å². The largest absolute Gasteiger partial charge is 0.297 e. The Balaban J connectivity index is 1.63. The highest BCUT2D eigenvalue weighted by Crippen LogP contribution is 2.34. The van der Waals surface area contributed by atoms with E-state index in [1.165, 1.54) is 29.6 Å². The Bertz CT molecular complexity index is 1150.